The van der Waals surface area contributed by atoms with E-state index in [1.165, 1.54) is 16.2 Å². The van der Waals surface area contributed by atoms with Gasteiger partial charge in [0.05, 0.1) is 33.2 Å². The Balaban J connectivity index is 1.93. The number of carbonyl (C=O) groups is 1. The molecule has 1 aliphatic heterocycles. The number of nitrogens with zero attached hydrogens (tertiary/aromatic N) is 4. The van der Waals surface area contributed by atoms with Gasteiger partial charge in [0.25, 0.3) is 11.8 Å². The molecule has 1 amide bonds. The summed E-state index contributed by atoms with van der Waals surface area (Å²) in [5.74, 6) is -3.34. The molecule has 0 radical (unpaired) electrons. The van der Waals surface area contributed by atoms with Gasteiger partial charge in [-0.1, -0.05) is 37.6 Å². The van der Waals surface area contributed by atoms with Crippen LogP contribution in [0.4, 0.5) is 8.78 Å². The van der Waals surface area contributed by atoms with E-state index in [0.29, 0.717) is 26.4 Å². The van der Waals surface area contributed by atoms with Crippen molar-refractivity contribution in [2.75, 3.05) is 13.1 Å². The number of hydrogen-bond donors (Lipinski definition) is 1. The average Bonchev–Trinajstić information content (AvgIpc) is 3.25. The number of amides is 1. The number of hydrogen-bond acceptors (Lipinski definition) is 6. The van der Waals surface area contributed by atoms with Crippen LogP contribution in [0.2, 0.25) is 0 Å². The Morgan fingerprint density at radius 1 is 1.42 bits per heavy atom. The van der Waals surface area contributed by atoms with Gasteiger partial charge < -0.3 is 10.2 Å². The highest BCUT2D eigenvalue weighted by atomic mass is 35.5. The molecule has 1 aliphatic rings. The summed E-state index contributed by atoms with van der Waals surface area (Å²) in [7, 11) is 0. The second kappa shape index (κ2) is 12.1. The largest absolute Gasteiger partial charge is 0.368 e. The van der Waals surface area contributed by atoms with E-state index in [-0.39, 0.29) is 18.7 Å². The van der Waals surface area contributed by atoms with Crippen LogP contribution >= 0.6 is 22.9 Å². The first kappa shape index (κ1) is 27.9. The van der Waals surface area contributed by atoms with Crippen molar-refractivity contribution in [1.29, 1.82) is 0 Å². The van der Waals surface area contributed by atoms with Crippen molar-refractivity contribution < 1.29 is 13.6 Å². The van der Waals surface area contributed by atoms with Crippen LogP contribution in [-0.2, 0) is 0 Å². The Bertz CT molecular complexity index is 1160. The van der Waals surface area contributed by atoms with Crippen molar-refractivity contribution in [3.8, 4) is 10.6 Å². The maximum atomic E-state index is 14.7. The van der Waals surface area contributed by atoms with Crippen molar-refractivity contribution in [3.05, 3.63) is 57.6 Å². The van der Waals surface area contributed by atoms with Crippen molar-refractivity contribution in [1.82, 2.24) is 20.2 Å². The summed E-state index contributed by atoms with van der Waals surface area (Å²) >= 11 is 7.40. The van der Waals surface area contributed by atoms with E-state index < -0.39 is 30.3 Å². The minimum Gasteiger partial charge on any atom is -0.368 e. The van der Waals surface area contributed by atoms with Gasteiger partial charge >= 0.3 is 0 Å². The van der Waals surface area contributed by atoms with Gasteiger partial charge in [-0.3, -0.25) is 9.78 Å². The van der Waals surface area contributed by atoms with Crippen LogP contribution in [-0.4, -0.2) is 52.0 Å². The van der Waals surface area contributed by atoms with Gasteiger partial charge in [-0.05, 0) is 50.8 Å². The van der Waals surface area contributed by atoms with Crippen LogP contribution in [0.15, 0.2) is 51.9 Å². The number of carbonyl (C=O) groups excluding carboxylic acids is 1. The van der Waals surface area contributed by atoms with Crippen LogP contribution in [0, 0.1) is 12.8 Å². The molecular weight excluding hydrogens is 504 g/mol. The Labute approximate surface area is 220 Å². The zero-order chi connectivity index (χ0) is 26.5. The zero-order valence-corrected chi connectivity index (χ0v) is 22.8. The van der Waals surface area contributed by atoms with Gasteiger partial charge in [0.1, 0.15) is 11.5 Å². The molecular formula is C26H32ClF2N5OS. The Morgan fingerprint density at radius 2 is 2.17 bits per heavy atom. The number of aromatic nitrogens is 2. The van der Waals surface area contributed by atoms with Crippen LogP contribution in [0.5, 0.6) is 0 Å². The summed E-state index contributed by atoms with van der Waals surface area (Å²) in [5, 5.41) is 4.45. The van der Waals surface area contributed by atoms with E-state index in [0.717, 1.165) is 12.0 Å². The molecule has 10 heteroatoms. The molecule has 6 nitrogen and oxygen atoms in total. The lowest BCUT2D eigenvalue weighted by atomic mass is 9.88. The van der Waals surface area contributed by atoms with E-state index in [1.807, 2.05) is 26.8 Å². The fourth-order valence-electron chi connectivity index (χ4n) is 4.13. The summed E-state index contributed by atoms with van der Waals surface area (Å²) in [6.07, 6.45) is 5.35. The summed E-state index contributed by atoms with van der Waals surface area (Å²) in [6, 6.07) is 4.90. The first-order valence-corrected chi connectivity index (χ1v) is 13.1. The monoisotopic (exact) mass is 535 g/mol. The molecule has 1 saturated heterocycles. The lowest BCUT2D eigenvalue weighted by molar-refractivity contribution is -0.0913. The van der Waals surface area contributed by atoms with Gasteiger partial charge in [-0.15, -0.1) is 11.3 Å². The molecule has 194 valence electrons. The third-order valence-electron chi connectivity index (χ3n) is 6.18. The maximum absolute atomic E-state index is 14.7. The lowest BCUT2D eigenvalue weighted by Crippen LogP contribution is -2.58. The molecule has 0 aliphatic carbocycles. The van der Waals surface area contributed by atoms with Gasteiger partial charge in [-0.25, -0.2) is 18.8 Å². The van der Waals surface area contributed by atoms with E-state index in [2.05, 4.69) is 20.3 Å². The molecule has 3 heterocycles. The summed E-state index contributed by atoms with van der Waals surface area (Å²) < 4.78 is 29.4. The molecule has 0 bridgehead atoms. The van der Waals surface area contributed by atoms with Gasteiger partial charge in [0.15, 0.2) is 0 Å². The van der Waals surface area contributed by atoms with E-state index in [9.17, 15) is 13.6 Å². The number of pyridine rings is 1. The number of rotatable bonds is 8. The van der Waals surface area contributed by atoms with Gasteiger partial charge in [0.2, 0.25) is 0 Å². The predicted molar refractivity (Wildman–Crippen MR) is 143 cm³/mol. The highest BCUT2D eigenvalue weighted by Gasteiger charge is 2.46. The van der Waals surface area contributed by atoms with Crippen LogP contribution in [0.25, 0.3) is 10.6 Å². The Morgan fingerprint density at radius 3 is 2.81 bits per heavy atom. The van der Waals surface area contributed by atoms with Crippen molar-refractivity contribution in [3.63, 3.8) is 0 Å². The average molecular weight is 536 g/mol. The van der Waals surface area contributed by atoms with Crippen molar-refractivity contribution in [2.24, 2.45) is 10.9 Å². The second-order valence-electron chi connectivity index (χ2n) is 8.96. The number of halogens is 3. The minimum absolute atomic E-state index is 0.157. The molecule has 2 atom stereocenters. The molecule has 3 rings (SSSR count). The van der Waals surface area contributed by atoms with Crippen LogP contribution in [0.3, 0.4) is 0 Å². The molecule has 0 saturated carbocycles. The zero-order valence-electron chi connectivity index (χ0n) is 21.2. The van der Waals surface area contributed by atoms with Crippen molar-refractivity contribution in [2.45, 2.75) is 59.4 Å². The molecule has 36 heavy (non-hydrogen) atoms. The summed E-state index contributed by atoms with van der Waals surface area (Å²) in [4.78, 5) is 28.8. The van der Waals surface area contributed by atoms with Crippen LogP contribution in [0.1, 0.15) is 56.0 Å². The molecule has 0 spiro atoms. The number of thiazole rings is 1. The smallest absolute Gasteiger partial charge is 0.274 e. The molecule has 0 aromatic carbocycles. The molecule has 1 fully saturated rings. The lowest BCUT2D eigenvalue weighted by Gasteiger charge is -2.43. The third kappa shape index (κ3) is 6.76. The van der Waals surface area contributed by atoms with Gasteiger partial charge in [0, 0.05) is 25.4 Å². The number of nitrogens with one attached hydrogen (secondary N) is 1. The second-order valence-corrected chi connectivity index (χ2v) is 10.6. The van der Waals surface area contributed by atoms with Gasteiger partial charge in [-0.2, -0.15) is 0 Å². The first-order chi connectivity index (χ1) is 17.1. The summed E-state index contributed by atoms with van der Waals surface area (Å²) in [5.41, 5.74) is 1.74. The predicted octanol–water partition coefficient (Wildman–Crippen LogP) is 6.44. The number of likely N-dealkylation sites (tertiary alicyclic amines) is 1. The normalized spacial score (nSPS) is 21.0. The quantitative estimate of drug-likeness (QED) is 0.395. The Kier molecular flexibility index (Phi) is 9.35. The molecule has 1 N–H and O–H groups in total. The number of alkyl halides is 2. The number of aryl methyl sites for hydroxylation is 1. The van der Waals surface area contributed by atoms with E-state index in [1.54, 1.807) is 44.5 Å². The van der Waals surface area contributed by atoms with Crippen LogP contribution < -0.4 is 5.32 Å². The number of allylic oxidation sites excluding steroid dienone is 3. The summed E-state index contributed by atoms with van der Waals surface area (Å²) in [6.45, 7) is 8.91. The first-order valence-electron chi connectivity index (χ1n) is 11.9. The number of piperidine rings is 1. The number of aliphatic imine (C=N–C) groups is 1. The highest BCUT2D eigenvalue weighted by molar-refractivity contribution is 7.15. The third-order valence-corrected chi connectivity index (χ3v) is 7.49. The molecule has 2 aromatic rings. The molecule has 1 unspecified atom stereocenters. The Hall–Kier alpha value is -2.65. The topological polar surface area (TPSA) is 70.5 Å². The van der Waals surface area contributed by atoms with Crippen molar-refractivity contribution >= 4 is 35.1 Å². The fraction of sp³-hybridized carbons (Fsp3) is 0.462. The van der Waals surface area contributed by atoms with E-state index >= 15 is 0 Å². The standard InChI is InChI=1S/C26H32ClF2N5OS/c1-6-16(3)24(31-13-19(27)7-2)32-14-21-17(4)12-26(28,29)15-34(21)25(35)22-23(36-18(5)33-22)20-10-8-9-11-30-20/h7-11,13,17,21,32H,6,12,14-15H2,1-5H3/b19-7+,24-16+,31-13-/t17-,21?/m1/s1. The minimum atomic E-state index is -2.99. The highest BCUT2D eigenvalue weighted by Crippen LogP contribution is 2.37. The SMILES string of the molecule is C\C=C(Cl)/C=N\C(NCC1[C@H](C)CC(F)(F)CN1C(=O)c1nc(C)sc1-c1ccccn1)=C(\C)CC. The maximum Gasteiger partial charge on any atom is 0.274 e. The fourth-order valence-corrected chi connectivity index (χ4v) is 5.07. The molecule has 2 aromatic heterocycles. The van der Waals surface area contributed by atoms with E-state index in [4.69, 9.17) is 11.6 Å².